The number of hydrogen-bond acceptors (Lipinski definition) is 3. The van der Waals surface area contributed by atoms with Crippen LogP contribution in [0, 0.1) is 11.3 Å². The van der Waals surface area contributed by atoms with Gasteiger partial charge in [0, 0.05) is 17.9 Å². The molecule has 0 aromatic heterocycles. The molecule has 4 heteroatoms. The van der Waals surface area contributed by atoms with Crippen molar-refractivity contribution in [2.24, 2.45) is 11.3 Å². The maximum Gasteiger partial charge on any atom is 0.337 e. The monoisotopic (exact) mass is 250 g/mol. The molecule has 0 amide bonds. The molecule has 0 heterocycles. The molecule has 1 aromatic rings. The van der Waals surface area contributed by atoms with Crippen LogP contribution >= 0.6 is 0 Å². The lowest BCUT2D eigenvalue weighted by molar-refractivity contribution is 0.0698. The Hall–Kier alpha value is -1.71. The van der Waals surface area contributed by atoms with Gasteiger partial charge in [-0.3, -0.25) is 0 Å². The molecule has 0 aliphatic heterocycles. The van der Waals surface area contributed by atoms with E-state index in [9.17, 15) is 4.79 Å². The summed E-state index contributed by atoms with van der Waals surface area (Å²) in [7, 11) is 0. The first-order chi connectivity index (χ1) is 8.24. The highest BCUT2D eigenvalue weighted by Crippen LogP contribution is 2.27. The maximum atomic E-state index is 11.0. The number of nitrogens with two attached hydrogens (primary N) is 1. The SMILES string of the molecule is CC(C)C(C)(C)CNc1ccc(N)c(C(=O)O)c1. The Labute approximate surface area is 108 Å². The second-order valence-corrected chi connectivity index (χ2v) is 5.60. The van der Waals surface area contributed by atoms with Gasteiger partial charge < -0.3 is 16.2 Å². The van der Waals surface area contributed by atoms with Gasteiger partial charge in [-0.1, -0.05) is 27.7 Å². The van der Waals surface area contributed by atoms with Crippen molar-refractivity contribution in [1.29, 1.82) is 0 Å². The number of rotatable bonds is 5. The van der Waals surface area contributed by atoms with Crippen LogP contribution in [0.15, 0.2) is 18.2 Å². The predicted octanol–water partition coefficient (Wildman–Crippen LogP) is 3.06. The van der Waals surface area contributed by atoms with E-state index >= 15 is 0 Å². The molecule has 0 unspecified atom stereocenters. The number of nitrogens with one attached hydrogen (secondary N) is 1. The van der Waals surface area contributed by atoms with Gasteiger partial charge in [0.05, 0.1) is 5.56 Å². The summed E-state index contributed by atoms with van der Waals surface area (Å²) >= 11 is 0. The average Bonchev–Trinajstić information content (AvgIpc) is 2.27. The maximum absolute atomic E-state index is 11.0. The highest BCUT2D eigenvalue weighted by atomic mass is 16.4. The van der Waals surface area contributed by atoms with Crippen molar-refractivity contribution in [3.8, 4) is 0 Å². The van der Waals surface area contributed by atoms with Crippen LogP contribution in [0.25, 0.3) is 0 Å². The van der Waals surface area contributed by atoms with Crippen LogP contribution < -0.4 is 11.1 Å². The van der Waals surface area contributed by atoms with Crippen molar-refractivity contribution in [1.82, 2.24) is 0 Å². The van der Waals surface area contributed by atoms with Crippen LogP contribution in [0.3, 0.4) is 0 Å². The van der Waals surface area contributed by atoms with Crippen molar-refractivity contribution < 1.29 is 9.90 Å². The zero-order valence-electron chi connectivity index (χ0n) is 11.4. The topological polar surface area (TPSA) is 75.3 Å². The number of carboxylic acids is 1. The molecule has 4 nitrogen and oxygen atoms in total. The molecule has 0 aliphatic rings. The fourth-order valence-corrected chi connectivity index (χ4v) is 1.39. The molecule has 1 rings (SSSR count). The van der Waals surface area contributed by atoms with Gasteiger partial charge in [0.2, 0.25) is 0 Å². The molecule has 0 radical (unpaired) electrons. The van der Waals surface area contributed by atoms with Crippen LogP contribution in [0.1, 0.15) is 38.1 Å². The Morgan fingerprint density at radius 2 is 2.06 bits per heavy atom. The minimum Gasteiger partial charge on any atom is -0.478 e. The minimum atomic E-state index is -1.00. The van der Waals surface area contributed by atoms with E-state index in [1.54, 1.807) is 18.2 Å². The Bertz CT molecular complexity index is 439. The number of aromatic carboxylic acids is 1. The van der Waals surface area contributed by atoms with Crippen molar-refractivity contribution in [3.63, 3.8) is 0 Å². The van der Waals surface area contributed by atoms with Crippen molar-refractivity contribution in [2.45, 2.75) is 27.7 Å². The van der Waals surface area contributed by atoms with Gasteiger partial charge in [0.1, 0.15) is 0 Å². The Morgan fingerprint density at radius 1 is 1.44 bits per heavy atom. The van der Waals surface area contributed by atoms with Crippen LogP contribution in [0.4, 0.5) is 11.4 Å². The third kappa shape index (κ3) is 3.39. The van der Waals surface area contributed by atoms with E-state index < -0.39 is 5.97 Å². The van der Waals surface area contributed by atoms with E-state index in [0.717, 1.165) is 12.2 Å². The van der Waals surface area contributed by atoms with Gasteiger partial charge >= 0.3 is 5.97 Å². The van der Waals surface area contributed by atoms with E-state index in [-0.39, 0.29) is 16.7 Å². The number of anilines is 2. The normalized spacial score (nSPS) is 11.6. The van der Waals surface area contributed by atoms with E-state index in [4.69, 9.17) is 10.8 Å². The van der Waals surface area contributed by atoms with Crippen LogP contribution in [-0.4, -0.2) is 17.6 Å². The summed E-state index contributed by atoms with van der Waals surface area (Å²) in [5.41, 5.74) is 6.97. The molecule has 0 saturated heterocycles. The number of carbonyl (C=O) groups is 1. The zero-order valence-corrected chi connectivity index (χ0v) is 11.4. The molecule has 18 heavy (non-hydrogen) atoms. The Balaban J connectivity index is 2.81. The second-order valence-electron chi connectivity index (χ2n) is 5.60. The fourth-order valence-electron chi connectivity index (χ4n) is 1.39. The molecule has 0 fully saturated rings. The molecule has 100 valence electrons. The number of benzene rings is 1. The van der Waals surface area contributed by atoms with Crippen molar-refractivity contribution in [2.75, 3.05) is 17.6 Å². The van der Waals surface area contributed by atoms with Gasteiger partial charge in [-0.25, -0.2) is 4.79 Å². The fraction of sp³-hybridized carbons (Fsp3) is 0.500. The quantitative estimate of drug-likeness (QED) is 0.702. The Kier molecular flexibility index (Phi) is 4.22. The first-order valence-corrected chi connectivity index (χ1v) is 6.10. The lowest BCUT2D eigenvalue weighted by Crippen LogP contribution is -2.28. The summed E-state index contributed by atoms with van der Waals surface area (Å²) in [6, 6.07) is 5.00. The average molecular weight is 250 g/mol. The lowest BCUT2D eigenvalue weighted by Gasteiger charge is -2.30. The molecule has 4 N–H and O–H groups in total. The van der Waals surface area contributed by atoms with Crippen LogP contribution in [0.5, 0.6) is 0 Å². The minimum absolute atomic E-state index is 0.141. The van der Waals surface area contributed by atoms with Gasteiger partial charge in [-0.05, 0) is 29.5 Å². The summed E-state index contributed by atoms with van der Waals surface area (Å²) in [6.45, 7) is 9.49. The highest BCUT2D eigenvalue weighted by Gasteiger charge is 2.22. The second kappa shape index (κ2) is 5.29. The molecule has 0 atom stereocenters. The van der Waals surface area contributed by atoms with Gasteiger partial charge in [0.15, 0.2) is 0 Å². The standard InChI is InChI=1S/C14H22N2O2/c1-9(2)14(3,4)8-16-10-5-6-12(15)11(7-10)13(17)18/h5-7,9,16H,8,15H2,1-4H3,(H,17,18). The largest absolute Gasteiger partial charge is 0.478 e. The van der Waals surface area contributed by atoms with E-state index in [0.29, 0.717) is 5.92 Å². The van der Waals surface area contributed by atoms with E-state index in [1.807, 2.05) is 0 Å². The summed E-state index contributed by atoms with van der Waals surface area (Å²) in [4.78, 5) is 11.0. The smallest absolute Gasteiger partial charge is 0.337 e. The number of nitrogen functional groups attached to an aromatic ring is 1. The molecule has 0 bridgehead atoms. The predicted molar refractivity (Wildman–Crippen MR) is 74.9 cm³/mol. The van der Waals surface area contributed by atoms with Gasteiger partial charge in [0.25, 0.3) is 0 Å². The Morgan fingerprint density at radius 3 is 2.56 bits per heavy atom. The third-order valence-corrected chi connectivity index (χ3v) is 3.59. The summed E-state index contributed by atoms with van der Waals surface area (Å²) in [5, 5.41) is 12.3. The van der Waals surface area contributed by atoms with E-state index in [1.165, 1.54) is 0 Å². The lowest BCUT2D eigenvalue weighted by atomic mass is 9.81. The molecule has 0 saturated carbocycles. The van der Waals surface area contributed by atoms with E-state index in [2.05, 4.69) is 33.0 Å². The van der Waals surface area contributed by atoms with Crippen molar-refractivity contribution in [3.05, 3.63) is 23.8 Å². The molecular formula is C14H22N2O2. The number of carboxylic acid groups (broad SMARTS) is 1. The van der Waals surface area contributed by atoms with Crippen LogP contribution in [0.2, 0.25) is 0 Å². The summed E-state index contributed by atoms with van der Waals surface area (Å²) in [6.07, 6.45) is 0. The van der Waals surface area contributed by atoms with Crippen LogP contribution in [-0.2, 0) is 0 Å². The first kappa shape index (κ1) is 14.4. The molecule has 1 aromatic carbocycles. The third-order valence-electron chi connectivity index (χ3n) is 3.59. The van der Waals surface area contributed by atoms with Crippen molar-refractivity contribution >= 4 is 17.3 Å². The van der Waals surface area contributed by atoms with Gasteiger partial charge in [-0.2, -0.15) is 0 Å². The molecule has 0 spiro atoms. The first-order valence-electron chi connectivity index (χ1n) is 6.10. The number of hydrogen-bond donors (Lipinski definition) is 3. The van der Waals surface area contributed by atoms with Gasteiger partial charge in [-0.15, -0.1) is 0 Å². The summed E-state index contributed by atoms with van der Waals surface area (Å²) in [5.74, 6) is -0.461. The molecular weight excluding hydrogens is 228 g/mol. The zero-order chi connectivity index (χ0) is 13.9. The summed E-state index contributed by atoms with van der Waals surface area (Å²) < 4.78 is 0. The molecule has 0 aliphatic carbocycles. The highest BCUT2D eigenvalue weighted by molar-refractivity contribution is 5.94.